The number of aromatic nitrogens is 1. The fraction of sp³-hybridized carbons (Fsp3) is 0.0833. The first kappa shape index (κ1) is 15.7. The molecule has 0 atom stereocenters. The molecule has 0 bridgehead atoms. The van der Waals surface area contributed by atoms with Crippen molar-refractivity contribution in [3.05, 3.63) is 60.8 Å². The van der Waals surface area contributed by atoms with E-state index in [4.69, 9.17) is 4.84 Å². The molecule has 0 saturated heterocycles. The van der Waals surface area contributed by atoms with Gasteiger partial charge in [-0.1, -0.05) is 0 Å². The number of carbonyl (C=O) groups excluding carboxylic acids is 1. The quantitative estimate of drug-likeness (QED) is 0.574. The van der Waals surface area contributed by atoms with Crippen molar-refractivity contribution >= 4 is 43.5 Å². The van der Waals surface area contributed by atoms with E-state index in [1.54, 1.807) is 18.2 Å². The molecule has 1 aromatic heterocycles. The number of halogens is 2. The number of hydroxylamine groups is 1. The van der Waals surface area contributed by atoms with Crippen molar-refractivity contribution in [1.29, 1.82) is 0 Å². The second kappa shape index (κ2) is 6.83. The van der Waals surface area contributed by atoms with E-state index in [0.717, 1.165) is 4.47 Å². The first-order chi connectivity index (χ1) is 9.97. The molecular formula is C12H9Br2N3O4. The third kappa shape index (κ3) is 4.13. The van der Waals surface area contributed by atoms with Crippen LogP contribution in [0, 0.1) is 10.1 Å². The van der Waals surface area contributed by atoms with Crippen LogP contribution in [0.5, 0.6) is 0 Å². The van der Waals surface area contributed by atoms with Gasteiger partial charge in [0.25, 0.3) is 11.6 Å². The molecule has 1 aromatic carbocycles. The molecule has 0 spiro atoms. The van der Waals surface area contributed by atoms with E-state index in [1.165, 1.54) is 12.1 Å². The van der Waals surface area contributed by atoms with Crippen LogP contribution in [0.1, 0.15) is 16.1 Å². The van der Waals surface area contributed by atoms with Gasteiger partial charge >= 0.3 is 0 Å². The second-order valence-electron chi connectivity index (χ2n) is 3.99. The lowest BCUT2D eigenvalue weighted by Crippen LogP contribution is -2.23. The molecule has 2 N–H and O–H groups in total. The second-order valence-corrected chi connectivity index (χ2v) is 5.64. The highest BCUT2D eigenvalue weighted by Gasteiger charge is 2.11. The van der Waals surface area contributed by atoms with Crippen LogP contribution in [0.3, 0.4) is 0 Å². The molecule has 0 aliphatic rings. The Kier molecular flexibility index (Phi) is 5.10. The van der Waals surface area contributed by atoms with Crippen molar-refractivity contribution in [3.8, 4) is 0 Å². The highest BCUT2D eigenvalue weighted by molar-refractivity contribution is 9.13. The van der Waals surface area contributed by atoms with Crippen LogP contribution in [-0.2, 0) is 11.4 Å². The third-order valence-electron chi connectivity index (χ3n) is 2.52. The van der Waals surface area contributed by atoms with Crippen molar-refractivity contribution < 1.29 is 14.6 Å². The van der Waals surface area contributed by atoms with Crippen molar-refractivity contribution in [2.24, 2.45) is 0 Å². The number of non-ortho nitro benzene ring substituents is 1. The summed E-state index contributed by atoms with van der Waals surface area (Å²) in [6, 6.07) is 7.48. The van der Waals surface area contributed by atoms with Crippen molar-refractivity contribution in [2.75, 3.05) is 0 Å². The number of carbonyl (C=O) groups is 1. The Hall–Kier alpha value is -1.71. The Morgan fingerprint density at radius 3 is 2.52 bits per heavy atom. The van der Waals surface area contributed by atoms with Gasteiger partial charge in [0.1, 0.15) is 5.69 Å². The molecule has 9 heteroatoms. The van der Waals surface area contributed by atoms with E-state index in [2.05, 4.69) is 42.3 Å². The average Bonchev–Trinajstić information content (AvgIpc) is 2.79. The Balaban J connectivity index is 1.86. The topological polar surface area (TPSA) is 97.3 Å². The summed E-state index contributed by atoms with van der Waals surface area (Å²) in [5, 5.41) is 10.5. The van der Waals surface area contributed by atoms with Crippen LogP contribution in [0.4, 0.5) is 5.69 Å². The molecule has 0 fully saturated rings. The number of rotatable bonds is 5. The Morgan fingerprint density at radius 2 is 2.00 bits per heavy atom. The molecule has 0 aliphatic heterocycles. The summed E-state index contributed by atoms with van der Waals surface area (Å²) in [4.78, 5) is 29.7. The minimum atomic E-state index is -0.479. The number of H-pyrrole nitrogens is 1. The number of aromatic amines is 1. The van der Waals surface area contributed by atoms with Gasteiger partial charge in [-0.25, -0.2) is 5.48 Å². The van der Waals surface area contributed by atoms with Gasteiger partial charge in [0.2, 0.25) is 0 Å². The van der Waals surface area contributed by atoms with Crippen LogP contribution in [0.15, 0.2) is 39.4 Å². The molecule has 0 radical (unpaired) electrons. The van der Waals surface area contributed by atoms with Gasteiger partial charge in [-0.3, -0.25) is 19.7 Å². The van der Waals surface area contributed by atoms with Crippen LogP contribution < -0.4 is 5.48 Å². The molecule has 7 nitrogen and oxygen atoms in total. The van der Waals surface area contributed by atoms with Gasteiger partial charge in [0, 0.05) is 12.1 Å². The van der Waals surface area contributed by atoms with E-state index in [9.17, 15) is 14.9 Å². The number of benzene rings is 1. The number of amides is 1. The predicted molar refractivity (Wildman–Crippen MR) is 81.5 cm³/mol. The monoisotopic (exact) mass is 417 g/mol. The van der Waals surface area contributed by atoms with Crippen LogP contribution in [-0.4, -0.2) is 15.8 Å². The largest absolute Gasteiger partial charge is 0.344 e. The summed E-state index contributed by atoms with van der Waals surface area (Å²) >= 11 is 6.48. The molecule has 1 amide bonds. The normalized spacial score (nSPS) is 10.4. The fourth-order valence-electron chi connectivity index (χ4n) is 1.48. The van der Waals surface area contributed by atoms with Gasteiger partial charge < -0.3 is 4.98 Å². The van der Waals surface area contributed by atoms with E-state index < -0.39 is 10.8 Å². The summed E-state index contributed by atoms with van der Waals surface area (Å²) in [6.07, 6.45) is 0. The minimum absolute atomic E-state index is 0.00358. The number of nitrogens with one attached hydrogen (secondary N) is 2. The van der Waals surface area contributed by atoms with Crippen LogP contribution in [0.25, 0.3) is 0 Å². The molecule has 21 heavy (non-hydrogen) atoms. The maximum absolute atomic E-state index is 11.7. The van der Waals surface area contributed by atoms with Gasteiger partial charge in [0.05, 0.1) is 20.6 Å². The molecule has 1 heterocycles. The number of nitro benzene ring substituents is 1. The summed E-state index contributed by atoms with van der Waals surface area (Å²) in [7, 11) is 0. The lowest BCUT2D eigenvalue weighted by Gasteiger charge is -2.04. The lowest BCUT2D eigenvalue weighted by atomic mass is 10.2. The van der Waals surface area contributed by atoms with Crippen molar-refractivity contribution in [1.82, 2.24) is 10.5 Å². The zero-order chi connectivity index (χ0) is 15.4. The maximum Gasteiger partial charge on any atom is 0.291 e. The molecule has 0 aliphatic carbocycles. The zero-order valence-electron chi connectivity index (χ0n) is 10.4. The smallest absolute Gasteiger partial charge is 0.291 e. The van der Waals surface area contributed by atoms with E-state index in [0.29, 0.717) is 15.9 Å². The first-order valence-electron chi connectivity index (χ1n) is 5.67. The number of hydrogen-bond acceptors (Lipinski definition) is 4. The first-order valence-corrected chi connectivity index (χ1v) is 7.25. The van der Waals surface area contributed by atoms with Crippen molar-refractivity contribution in [2.45, 2.75) is 6.61 Å². The van der Waals surface area contributed by atoms with Crippen LogP contribution >= 0.6 is 31.9 Å². The summed E-state index contributed by atoms with van der Waals surface area (Å²) in [5.41, 5.74) is 3.32. The molecule has 2 rings (SSSR count). The van der Waals surface area contributed by atoms with Gasteiger partial charge in [-0.05, 0) is 55.6 Å². The molecule has 2 aromatic rings. The van der Waals surface area contributed by atoms with Crippen LogP contribution in [0.2, 0.25) is 0 Å². The summed E-state index contributed by atoms with van der Waals surface area (Å²) in [5.74, 6) is -0.427. The predicted octanol–water partition coefficient (Wildman–Crippen LogP) is 3.31. The van der Waals surface area contributed by atoms with Gasteiger partial charge in [-0.15, -0.1) is 0 Å². The van der Waals surface area contributed by atoms with Crippen molar-refractivity contribution in [3.63, 3.8) is 0 Å². The summed E-state index contributed by atoms with van der Waals surface area (Å²) in [6.45, 7) is 0.104. The number of hydrogen-bond donors (Lipinski definition) is 2. The minimum Gasteiger partial charge on any atom is -0.344 e. The number of nitrogens with zero attached hydrogens (tertiary/aromatic N) is 1. The Bertz CT molecular complexity index is 650. The summed E-state index contributed by atoms with van der Waals surface area (Å²) < 4.78 is 1.38. The Labute approximate surface area is 136 Å². The maximum atomic E-state index is 11.7. The van der Waals surface area contributed by atoms with E-state index >= 15 is 0 Å². The Morgan fingerprint density at radius 1 is 1.33 bits per heavy atom. The van der Waals surface area contributed by atoms with E-state index in [-0.39, 0.29) is 12.3 Å². The average molecular weight is 419 g/mol. The third-order valence-corrected chi connectivity index (χ3v) is 4.30. The lowest BCUT2D eigenvalue weighted by molar-refractivity contribution is -0.384. The molecule has 0 saturated carbocycles. The molecule has 110 valence electrons. The fourth-order valence-corrected chi connectivity index (χ4v) is 2.14. The number of nitro groups is 1. The highest BCUT2D eigenvalue weighted by Crippen LogP contribution is 2.23. The molecule has 0 unspecified atom stereocenters. The van der Waals surface area contributed by atoms with Gasteiger partial charge in [0.15, 0.2) is 0 Å². The standard InChI is InChI=1S/C12H9Br2N3O4/c13-9-5-10(15-11(9)14)12(18)16-21-6-7-1-3-8(4-2-7)17(19)20/h1-5,15H,6H2,(H,16,18). The van der Waals surface area contributed by atoms with E-state index in [1.807, 2.05) is 0 Å². The van der Waals surface area contributed by atoms with Gasteiger partial charge in [-0.2, -0.15) is 0 Å². The zero-order valence-corrected chi connectivity index (χ0v) is 13.6. The molecular weight excluding hydrogens is 410 g/mol. The highest BCUT2D eigenvalue weighted by atomic mass is 79.9. The SMILES string of the molecule is O=C(NOCc1ccc([N+](=O)[O-])cc1)c1cc(Br)c(Br)[nH]1.